The number of urea groups is 1. The zero-order chi connectivity index (χ0) is 25.0. The summed E-state index contributed by atoms with van der Waals surface area (Å²) in [5, 5.41) is 11.5. The number of hydrogen-bond acceptors (Lipinski definition) is 6. The molecule has 0 aromatic heterocycles. The van der Waals surface area contributed by atoms with Gasteiger partial charge in [-0.2, -0.15) is 0 Å². The Morgan fingerprint density at radius 2 is 1.70 bits per heavy atom. The number of carbonyl (C=O) groups excluding carboxylic acids is 2. The molecule has 1 unspecified atom stereocenters. The van der Waals surface area contributed by atoms with Crippen LogP contribution in [0.25, 0.3) is 0 Å². The fourth-order valence-corrected chi connectivity index (χ4v) is 4.01. The monoisotopic (exact) mass is 496 g/mol. The SMILES string of the molecule is CCC(C(=O)OC(C)(C)C)c1ccc(S(=O)(=O)NC(=O)Nc2cc(Cl)ccc2C(=O)O)cc1. The van der Waals surface area contributed by atoms with E-state index in [0.717, 1.165) is 0 Å². The number of carbonyl (C=O) groups is 3. The normalized spacial score (nSPS) is 12.5. The number of nitrogens with one attached hydrogen (secondary N) is 2. The molecule has 0 aliphatic carbocycles. The van der Waals surface area contributed by atoms with Gasteiger partial charge in [-0.3, -0.25) is 4.79 Å². The van der Waals surface area contributed by atoms with E-state index in [1.54, 1.807) is 20.8 Å². The van der Waals surface area contributed by atoms with E-state index >= 15 is 0 Å². The Balaban J connectivity index is 2.18. The summed E-state index contributed by atoms with van der Waals surface area (Å²) in [4.78, 5) is 35.7. The van der Waals surface area contributed by atoms with Crippen molar-refractivity contribution in [1.29, 1.82) is 0 Å². The van der Waals surface area contributed by atoms with E-state index in [0.29, 0.717) is 12.0 Å². The van der Waals surface area contributed by atoms with Crippen molar-refractivity contribution in [2.45, 2.75) is 50.5 Å². The number of carboxylic acid groups (broad SMARTS) is 1. The molecular formula is C22H25ClN2O7S. The fourth-order valence-electron chi connectivity index (χ4n) is 2.93. The predicted octanol–water partition coefficient (Wildman–Crippen LogP) is 4.38. The molecule has 33 heavy (non-hydrogen) atoms. The van der Waals surface area contributed by atoms with E-state index in [1.807, 2.05) is 11.6 Å². The third-order valence-corrected chi connectivity index (χ3v) is 5.96. The molecule has 11 heteroatoms. The lowest BCUT2D eigenvalue weighted by atomic mass is 9.96. The van der Waals surface area contributed by atoms with E-state index < -0.39 is 39.5 Å². The Labute approximate surface area is 197 Å². The van der Waals surface area contributed by atoms with Gasteiger partial charge in [-0.15, -0.1) is 0 Å². The molecule has 0 spiro atoms. The second kappa shape index (κ2) is 10.2. The summed E-state index contributed by atoms with van der Waals surface area (Å²) in [5.74, 6) is -2.32. The van der Waals surface area contributed by atoms with Crippen LogP contribution in [-0.4, -0.2) is 37.1 Å². The number of rotatable bonds is 7. The molecule has 0 aliphatic heterocycles. The molecule has 0 saturated carbocycles. The van der Waals surface area contributed by atoms with Crippen molar-refractivity contribution in [3.05, 3.63) is 58.6 Å². The number of benzene rings is 2. The molecular weight excluding hydrogens is 472 g/mol. The molecule has 1 atom stereocenters. The number of ether oxygens (including phenoxy) is 1. The summed E-state index contributed by atoms with van der Waals surface area (Å²) in [6.45, 7) is 7.08. The van der Waals surface area contributed by atoms with Crippen LogP contribution in [0.2, 0.25) is 5.02 Å². The maximum Gasteiger partial charge on any atom is 0.337 e. The van der Waals surface area contributed by atoms with Crippen LogP contribution in [0.4, 0.5) is 10.5 Å². The molecule has 2 rings (SSSR count). The number of anilines is 1. The number of amides is 2. The van der Waals surface area contributed by atoms with Crippen molar-refractivity contribution < 1.29 is 32.6 Å². The van der Waals surface area contributed by atoms with Crippen molar-refractivity contribution >= 4 is 45.3 Å². The summed E-state index contributed by atoms with van der Waals surface area (Å²) in [6, 6.07) is 8.01. The first-order valence-corrected chi connectivity index (χ1v) is 11.8. The second-order valence-corrected chi connectivity index (χ2v) is 10.2. The number of halogens is 1. The summed E-state index contributed by atoms with van der Waals surface area (Å²) in [5.41, 5.74) is -0.514. The van der Waals surface area contributed by atoms with Crippen LogP contribution in [0.15, 0.2) is 47.4 Å². The lowest BCUT2D eigenvalue weighted by Gasteiger charge is -2.23. The molecule has 0 bridgehead atoms. The minimum Gasteiger partial charge on any atom is -0.478 e. The van der Waals surface area contributed by atoms with Crippen LogP contribution in [0, 0.1) is 0 Å². The molecule has 0 radical (unpaired) electrons. The van der Waals surface area contributed by atoms with E-state index in [4.69, 9.17) is 16.3 Å². The van der Waals surface area contributed by atoms with E-state index in [1.165, 1.54) is 42.5 Å². The van der Waals surface area contributed by atoms with Crippen LogP contribution >= 0.6 is 11.6 Å². The van der Waals surface area contributed by atoms with Crippen LogP contribution in [0.1, 0.15) is 56.0 Å². The molecule has 178 valence electrons. The van der Waals surface area contributed by atoms with E-state index in [-0.39, 0.29) is 21.2 Å². The number of carboxylic acids is 1. The van der Waals surface area contributed by atoms with Crippen LogP contribution in [0.3, 0.4) is 0 Å². The maximum atomic E-state index is 12.6. The Kier molecular flexibility index (Phi) is 8.10. The van der Waals surface area contributed by atoms with Crippen molar-refractivity contribution in [3.8, 4) is 0 Å². The second-order valence-electron chi connectivity index (χ2n) is 8.12. The molecule has 3 N–H and O–H groups in total. The van der Waals surface area contributed by atoms with Crippen molar-refractivity contribution in [3.63, 3.8) is 0 Å². The zero-order valence-electron chi connectivity index (χ0n) is 18.5. The fraction of sp³-hybridized carbons (Fsp3) is 0.318. The quantitative estimate of drug-likeness (QED) is 0.483. The number of aromatic carboxylic acids is 1. The third kappa shape index (κ3) is 7.19. The van der Waals surface area contributed by atoms with E-state index in [2.05, 4.69) is 5.32 Å². The van der Waals surface area contributed by atoms with Gasteiger partial charge in [-0.25, -0.2) is 22.7 Å². The molecule has 2 aromatic carbocycles. The first-order chi connectivity index (χ1) is 15.2. The van der Waals surface area contributed by atoms with Gasteiger partial charge >= 0.3 is 18.0 Å². The average molecular weight is 497 g/mol. The molecule has 0 aliphatic rings. The zero-order valence-corrected chi connectivity index (χ0v) is 20.1. The van der Waals surface area contributed by atoms with Gasteiger partial charge in [0.1, 0.15) is 5.60 Å². The summed E-state index contributed by atoms with van der Waals surface area (Å²) < 4.78 is 32.4. The summed E-state index contributed by atoms with van der Waals surface area (Å²) in [7, 11) is -4.28. The Hall–Kier alpha value is -3.11. The predicted molar refractivity (Wildman–Crippen MR) is 123 cm³/mol. The third-order valence-electron chi connectivity index (χ3n) is 4.38. The van der Waals surface area contributed by atoms with Gasteiger partial charge in [0.2, 0.25) is 0 Å². The molecule has 9 nitrogen and oxygen atoms in total. The van der Waals surface area contributed by atoms with Crippen LogP contribution in [-0.2, 0) is 19.6 Å². The van der Waals surface area contributed by atoms with E-state index in [9.17, 15) is 27.9 Å². The highest BCUT2D eigenvalue weighted by Gasteiger charge is 2.26. The van der Waals surface area contributed by atoms with Crippen molar-refractivity contribution in [1.82, 2.24) is 4.72 Å². The highest BCUT2D eigenvalue weighted by Crippen LogP contribution is 2.25. The highest BCUT2D eigenvalue weighted by molar-refractivity contribution is 7.90. The van der Waals surface area contributed by atoms with Crippen LogP contribution < -0.4 is 10.0 Å². The van der Waals surface area contributed by atoms with Gasteiger partial charge in [0.05, 0.1) is 22.1 Å². The van der Waals surface area contributed by atoms with Gasteiger partial charge in [0.25, 0.3) is 10.0 Å². The van der Waals surface area contributed by atoms with Crippen molar-refractivity contribution in [2.24, 2.45) is 0 Å². The number of sulfonamides is 1. The average Bonchev–Trinajstić information content (AvgIpc) is 2.67. The lowest BCUT2D eigenvalue weighted by molar-refractivity contribution is -0.156. The van der Waals surface area contributed by atoms with Gasteiger partial charge in [0, 0.05) is 5.02 Å². The molecule has 2 amide bonds. The lowest BCUT2D eigenvalue weighted by Crippen LogP contribution is -2.34. The standard InChI is InChI=1S/C22H25ClN2O7S/c1-5-16(20(28)32-22(2,3)4)13-6-9-15(10-7-13)33(30,31)25-21(29)24-18-12-14(23)8-11-17(18)19(26)27/h6-12,16H,5H2,1-4H3,(H,26,27)(H2,24,25,29). The van der Waals surface area contributed by atoms with Gasteiger partial charge in [-0.05, 0) is 63.1 Å². The minimum atomic E-state index is -4.28. The van der Waals surface area contributed by atoms with Gasteiger partial charge in [-0.1, -0.05) is 30.7 Å². The first-order valence-electron chi connectivity index (χ1n) is 9.93. The smallest absolute Gasteiger partial charge is 0.337 e. The summed E-state index contributed by atoms with van der Waals surface area (Å²) in [6.07, 6.45) is 0.452. The Morgan fingerprint density at radius 1 is 1.09 bits per heavy atom. The first kappa shape index (κ1) is 26.1. The van der Waals surface area contributed by atoms with Gasteiger partial charge in [0.15, 0.2) is 0 Å². The topological polar surface area (TPSA) is 139 Å². The number of esters is 1. The number of hydrogen-bond donors (Lipinski definition) is 3. The Morgan fingerprint density at radius 3 is 2.21 bits per heavy atom. The molecule has 2 aromatic rings. The molecule has 0 saturated heterocycles. The molecule has 0 heterocycles. The Bertz CT molecular complexity index is 1160. The minimum absolute atomic E-state index is 0.157. The van der Waals surface area contributed by atoms with Crippen LogP contribution in [0.5, 0.6) is 0 Å². The summed E-state index contributed by atoms with van der Waals surface area (Å²) >= 11 is 5.83. The highest BCUT2D eigenvalue weighted by atomic mass is 35.5. The van der Waals surface area contributed by atoms with Crippen molar-refractivity contribution in [2.75, 3.05) is 5.32 Å². The molecule has 0 fully saturated rings. The maximum absolute atomic E-state index is 12.6. The van der Waals surface area contributed by atoms with Gasteiger partial charge < -0.3 is 15.2 Å². The largest absolute Gasteiger partial charge is 0.478 e.